The van der Waals surface area contributed by atoms with E-state index in [0.29, 0.717) is 29.7 Å². The van der Waals surface area contributed by atoms with Crippen molar-refractivity contribution in [2.24, 2.45) is 0 Å². The third-order valence-electron chi connectivity index (χ3n) is 5.39. The summed E-state index contributed by atoms with van der Waals surface area (Å²) in [6.07, 6.45) is 1.68. The fourth-order valence-corrected chi connectivity index (χ4v) is 5.11. The molecule has 168 valence electrons. The molecule has 1 aliphatic heterocycles. The van der Waals surface area contributed by atoms with E-state index in [1.165, 1.54) is 35.5 Å². The highest BCUT2D eigenvalue weighted by molar-refractivity contribution is 7.89. The number of H-pyrrole nitrogens is 1. The Hall–Kier alpha value is -3.24. The van der Waals surface area contributed by atoms with E-state index >= 15 is 0 Å². The van der Waals surface area contributed by atoms with Gasteiger partial charge in [0.05, 0.1) is 10.4 Å². The molecule has 0 bridgehead atoms. The quantitative estimate of drug-likeness (QED) is 0.550. The van der Waals surface area contributed by atoms with Gasteiger partial charge in [0.2, 0.25) is 10.0 Å². The minimum atomic E-state index is -3.54. The number of hydrogen-bond donors (Lipinski definition) is 2. The van der Waals surface area contributed by atoms with E-state index in [0.717, 1.165) is 19.3 Å². The van der Waals surface area contributed by atoms with Crippen LogP contribution < -0.4 is 5.32 Å². The Kier molecular flexibility index (Phi) is 6.24. The largest absolute Gasteiger partial charge is 0.448 e. The molecular weight excluding hydrogens is 432 g/mol. The predicted molar refractivity (Wildman–Crippen MR) is 119 cm³/mol. The number of piperidine rings is 1. The average molecular weight is 457 g/mol. The molecule has 0 aliphatic carbocycles. The maximum absolute atomic E-state index is 12.7. The lowest BCUT2D eigenvalue weighted by molar-refractivity contribution is -0.123. The van der Waals surface area contributed by atoms with Crippen LogP contribution in [0.4, 0.5) is 5.69 Å². The van der Waals surface area contributed by atoms with Crippen molar-refractivity contribution in [1.82, 2.24) is 14.5 Å². The van der Waals surface area contributed by atoms with Crippen molar-refractivity contribution in [1.29, 1.82) is 0 Å². The lowest BCUT2D eigenvalue weighted by Crippen LogP contribution is -2.35. The number of esters is 1. The monoisotopic (exact) mass is 456 g/mol. The zero-order chi connectivity index (χ0) is 22.7. The zero-order valence-corrected chi connectivity index (χ0v) is 18.4. The summed E-state index contributed by atoms with van der Waals surface area (Å²) in [6.45, 7) is 2.50. The molecule has 3 aromatic rings. The fraction of sp³-hybridized carbons (Fsp3) is 0.318. The number of hydrogen-bond acceptors (Lipinski definition) is 6. The number of benzene rings is 2. The number of aromatic nitrogens is 2. The molecule has 9 nitrogen and oxygen atoms in total. The molecule has 2 aromatic carbocycles. The Bertz CT molecular complexity index is 1230. The van der Waals surface area contributed by atoms with Gasteiger partial charge in [-0.25, -0.2) is 13.2 Å². The second-order valence-corrected chi connectivity index (χ2v) is 9.58. The van der Waals surface area contributed by atoms with Crippen molar-refractivity contribution in [2.45, 2.75) is 37.2 Å². The first-order chi connectivity index (χ1) is 15.4. The van der Waals surface area contributed by atoms with E-state index in [9.17, 15) is 18.0 Å². The van der Waals surface area contributed by atoms with Crippen molar-refractivity contribution >= 4 is 38.5 Å². The number of rotatable bonds is 6. The van der Waals surface area contributed by atoms with Crippen molar-refractivity contribution in [2.75, 3.05) is 18.4 Å². The Morgan fingerprint density at radius 2 is 1.75 bits per heavy atom. The number of sulfonamides is 1. The summed E-state index contributed by atoms with van der Waals surface area (Å²) in [5.74, 6) is -1.25. The highest BCUT2D eigenvalue weighted by atomic mass is 32.2. The van der Waals surface area contributed by atoms with Crippen LogP contribution in [0.15, 0.2) is 53.4 Å². The van der Waals surface area contributed by atoms with E-state index in [1.54, 1.807) is 18.2 Å². The summed E-state index contributed by atoms with van der Waals surface area (Å²) in [5.41, 5.74) is 1.20. The third kappa shape index (κ3) is 4.51. The minimum Gasteiger partial charge on any atom is -0.448 e. The maximum atomic E-state index is 12.7. The second-order valence-electron chi connectivity index (χ2n) is 7.64. The third-order valence-corrected chi connectivity index (χ3v) is 7.30. The maximum Gasteiger partial charge on any atom is 0.360 e. The van der Waals surface area contributed by atoms with Gasteiger partial charge in [-0.15, -0.1) is 0 Å². The predicted octanol–water partition coefficient (Wildman–Crippen LogP) is 2.92. The molecule has 10 heteroatoms. The molecule has 1 saturated heterocycles. The number of nitrogens with one attached hydrogen (secondary N) is 2. The van der Waals surface area contributed by atoms with Gasteiger partial charge in [-0.1, -0.05) is 24.6 Å². The minimum absolute atomic E-state index is 0.104. The number of carbonyl (C=O) groups excluding carboxylic acids is 2. The molecular formula is C22H24N4O5S. The van der Waals surface area contributed by atoms with Gasteiger partial charge in [-0.2, -0.15) is 9.40 Å². The van der Waals surface area contributed by atoms with Crippen molar-refractivity contribution in [3.05, 3.63) is 54.2 Å². The van der Waals surface area contributed by atoms with Crippen molar-refractivity contribution in [3.63, 3.8) is 0 Å². The summed E-state index contributed by atoms with van der Waals surface area (Å²) >= 11 is 0. The standard InChI is InChI=1S/C22H24N4O5S/c1-15(31-22(28)20-18-7-3-4-8-19(18)24-25-20)21(27)23-16-9-11-17(12-10-16)32(29,30)26-13-5-2-6-14-26/h3-4,7-12,15H,2,5-6,13-14H2,1H3,(H,23,27)(H,24,25)/t15-/m0/s1. The van der Waals surface area contributed by atoms with Crippen LogP contribution in [0.2, 0.25) is 0 Å². The SMILES string of the molecule is C[C@H](OC(=O)c1n[nH]c2ccccc12)C(=O)Nc1ccc(S(=O)(=O)N2CCCCC2)cc1. The molecule has 2 heterocycles. The number of aromatic amines is 1. The van der Waals surface area contributed by atoms with Gasteiger partial charge in [0.15, 0.2) is 11.8 Å². The van der Waals surface area contributed by atoms with Crippen LogP contribution in [-0.2, 0) is 19.6 Å². The molecule has 1 atom stereocenters. The van der Waals surface area contributed by atoms with Gasteiger partial charge in [0.25, 0.3) is 5.91 Å². The van der Waals surface area contributed by atoms with Gasteiger partial charge in [0, 0.05) is 24.2 Å². The Morgan fingerprint density at radius 1 is 1.06 bits per heavy atom. The number of anilines is 1. The molecule has 1 aromatic heterocycles. The number of nitrogens with zero attached hydrogens (tertiary/aromatic N) is 2. The van der Waals surface area contributed by atoms with Crippen LogP contribution in [-0.4, -0.2) is 54.0 Å². The summed E-state index contributed by atoms with van der Waals surface area (Å²) in [6, 6.07) is 13.1. The average Bonchev–Trinajstić information content (AvgIpc) is 3.24. The highest BCUT2D eigenvalue weighted by Gasteiger charge is 2.26. The Balaban J connectivity index is 1.38. The number of carbonyl (C=O) groups is 2. The van der Waals surface area contributed by atoms with Crippen molar-refractivity contribution in [3.8, 4) is 0 Å². The lowest BCUT2D eigenvalue weighted by atomic mass is 10.2. The molecule has 0 radical (unpaired) electrons. The van der Waals surface area contributed by atoms with E-state index in [2.05, 4.69) is 15.5 Å². The summed E-state index contributed by atoms with van der Waals surface area (Å²) < 4.78 is 32.2. The molecule has 32 heavy (non-hydrogen) atoms. The van der Waals surface area contributed by atoms with E-state index in [4.69, 9.17) is 4.74 Å². The first-order valence-corrected chi connectivity index (χ1v) is 11.9. The van der Waals surface area contributed by atoms with Crippen LogP contribution in [0.1, 0.15) is 36.7 Å². The molecule has 1 amide bonds. The summed E-state index contributed by atoms with van der Waals surface area (Å²) in [4.78, 5) is 25.1. The van der Waals surface area contributed by atoms with Crippen LogP contribution in [0, 0.1) is 0 Å². The topological polar surface area (TPSA) is 121 Å². The summed E-state index contributed by atoms with van der Waals surface area (Å²) in [7, 11) is -3.54. The van der Waals surface area contributed by atoms with Gasteiger partial charge in [-0.3, -0.25) is 9.89 Å². The first kappa shape index (κ1) is 22.0. The van der Waals surface area contributed by atoms with E-state index in [1.807, 2.05) is 6.07 Å². The van der Waals surface area contributed by atoms with Gasteiger partial charge < -0.3 is 10.1 Å². The number of ether oxygens (including phenoxy) is 1. The molecule has 4 rings (SSSR count). The van der Waals surface area contributed by atoms with Crippen LogP contribution in [0.5, 0.6) is 0 Å². The highest BCUT2D eigenvalue weighted by Crippen LogP contribution is 2.22. The van der Waals surface area contributed by atoms with Crippen LogP contribution in [0.25, 0.3) is 10.9 Å². The summed E-state index contributed by atoms with van der Waals surface area (Å²) in [5, 5.41) is 9.96. The van der Waals surface area contributed by atoms with Crippen LogP contribution >= 0.6 is 0 Å². The fourth-order valence-electron chi connectivity index (χ4n) is 3.60. The van der Waals surface area contributed by atoms with Gasteiger partial charge in [0.1, 0.15) is 0 Å². The lowest BCUT2D eigenvalue weighted by Gasteiger charge is -2.25. The zero-order valence-electron chi connectivity index (χ0n) is 17.6. The van der Waals surface area contributed by atoms with Crippen molar-refractivity contribution < 1.29 is 22.7 Å². The molecule has 0 unspecified atom stereocenters. The smallest absolute Gasteiger partial charge is 0.360 e. The van der Waals surface area contributed by atoms with Gasteiger partial charge in [-0.05, 0) is 50.1 Å². The number of para-hydroxylation sites is 1. The van der Waals surface area contributed by atoms with E-state index < -0.39 is 28.0 Å². The molecule has 1 aliphatic rings. The Morgan fingerprint density at radius 3 is 2.47 bits per heavy atom. The number of fused-ring (bicyclic) bond motifs is 1. The second kappa shape index (κ2) is 9.09. The number of amides is 1. The van der Waals surface area contributed by atoms with E-state index in [-0.39, 0.29) is 10.6 Å². The molecule has 0 spiro atoms. The molecule has 2 N–H and O–H groups in total. The molecule has 1 fully saturated rings. The normalized spacial score (nSPS) is 15.9. The van der Waals surface area contributed by atoms with Crippen LogP contribution in [0.3, 0.4) is 0 Å². The van der Waals surface area contributed by atoms with Gasteiger partial charge >= 0.3 is 5.97 Å². The Labute approximate surface area is 185 Å². The first-order valence-electron chi connectivity index (χ1n) is 10.4. The molecule has 0 saturated carbocycles.